The van der Waals surface area contributed by atoms with Crippen LogP contribution in [-0.4, -0.2) is 26.5 Å². The third-order valence-electron chi connectivity index (χ3n) is 7.29. The summed E-state index contributed by atoms with van der Waals surface area (Å²) in [4.78, 5) is 31.5. The van der Waals surface area contributed by atoms with Gasteiger partial charge in [0, 0.05) is 35.3 Å². The molecule has 0 bridgehead atoms. The van der Waals surface area contributed by atoms with Crippen molar-refractivity contribution in [1.29, 1.82) is 0 Å². The lowest BCUT2D eigenvalue weighted by Crippen LogP contribution is -2.54. The van der Waals surface area contributed by atoms with Crippen molar-refractivity contribution in [2.45, 2.75) is 51.6 Å². The molecule has 0 aliphatic heterocycles. The number of fused-ring (bicyclic) bond motifs is 1. The lowest BCUT2D eigenvalue weighted by atomic mass is 9.85. The number of amides is 1. The molecule has 38 heavy (non-hydrogen) atoms. The van der Waals surface area contributed by atoms with Gasteiger partial charge in [-0.1, -0.05) is 18.0 Å². The van der Waals surface area contributed by atoms with Crippen LogP contribution in [-0.2, 0) is 10.5 Å². The Kier molecular flexibility index (Phi) is 6.69. The molecule has 1 N–H and O–H groups in total. The number of hydrogen-bond acceptors (Lipinski definition) is 3. The Hall–Kier alpha value is -3.78. The maximum atomic E-state index is 14.7. The van der Waals surface area contributed by atoms with E-state index < -0.39 is 23.3 Å². The second kappa shape index (κ2) is 9.83. The number of aromatic carboxylic acids is 1. The molecular weight excluding hydrogens is 512 g/mol. The highest BCUT2D eigenvalue weighted by atomic mass is 35.5. The van der Waals surface area contributed by atoms with Crippen LogP contribution < -0.4 is 4.90 Å². The molecule has 6 nitrogen and oxygen atoms in total. The van der Waals surface area contributed by atoms with Crippen molar-refractivity contribution in [1.82, 2.24) is 9.55 Å². The van der Waals surface area contributed by atoms with Gasteiger partial charge in [0.05, 0.1) is 16.6 Å². The summed E-state index contributed by atoms with van der Waals surface area (Å²) >= 11 is 6.14. The van der Waals surface area contributed by atoms with Crippen LogP contribution >= 0.6 is 11.6 Å². The summed E-state index contributed by atoms with van der Waals surface area (Å²) in [6.45, 7) is 3.22. The Bertz CT molecular complexity index is 1560. The molecule has 196 valence electrons. The minimum Gasteiger partial charge on any atom is -0.478 e. The first kappa shape index (κ1) is 25.9. The summed E-state index contributed by atoms with van der Waals surface area (Å²) in [5.41, 5.74) is 1.57. The molecule has 1 fully saturated rings. The second-order valence-corrected chi connectivity index (χ2v) is 10.2. The first-order chi connectivity index (χ1) is 18.1. The summed E-state index contributed by atoms with van der Waals surface area (Å²) < 4.78 is 30.9. The summed E-state index contributed by atoms with van der Waals surface area (Å²) in [6, 6.07) is 13.8. The summed E-state index contributed by atoms with van der Waals surface area (Å²) in [6.07, 6.45) is 3.62. The van der Waals surface area contributed by atoms with E-state index in [1.54, 1.807) is 42.2 Å². The molecule has 1 aliphatic carbocycles. The first-order valence-corrected chi connectivity index (χ1v) is 12.8. The van der Waals surface area contributed by atoms with Gasteiger partial charge in [-0.2, -0.15) is 0 Å². The number of anilines is 1. The summed E-state index contributed by atoms with van der Waals surface area (Å²) in [5, 5.41) is 10.0. The van der Waals surface area contributed by atoms with Gasteiger partial charge in [0.1, 0.15) is 11.5 Å². The van der Waals surface area contributed by atoms with Gasteiger partial charge in [-0.05, 0) is 80.6 Å². The zero-order valence-electron chi connectivity index (χ0n) is 21.0. The molecule has 4 aromatic rings. The Balaban J connectivity index is 1.85. The number of halogens is 3. The number of carboxylic acid groups (broad SMARTS) is 1. The van der Waals surface area contributed by atoms with Crippen molar-refractivity contribution in [3.63, 3.8) is 0 Å². The highest BCUT2D eigenvalue weighted by Crippen LogP contribution is 2.46. The number of nitrogens with zero attached hydrogens (tertiary/aromatic N) is 3. The van der Waals surface area contributed by atoms with E-state index >= 15 is 0 Å². The Labute approximate surface area is 223 Å². The Morgan fingerprint density at radius 2 is 1.66 bits per heavy atom. The van der Waals surface area contributed by atoms with Crippen LogP contribution in [0.25, 0.3) is 22.4 Å². The Morgan fingerprint density at radius 3 is 2.26 bits per heavy atom. The van der Waals surface area contributed by atoms with Crippen molar-refractivity contribution < 1.29 is 23.5 Å². The fourth-order valence-corrected chi connectivity index (χ4v) is 5.80. The third-order valence-corrected chi connectivity index (χ3v) is 7.54. The van der Waals surface area contributed by atoms with Crippen molar-refractivity contribution in [2.24, 2.45) is 0 Å². The number of rotatable bonds is 5. The quantitative estimate of drug-likeness (QED) is 0.289. The molecule has 1 aromatic heterocycles. The lowest BCUT2D eigenvalue weighted by molar-refractivity contribution is -0.119. The average Bonchev–Trinajstić information content (AvgIpc) is 3.24. The highest BCUT2D eigenvalue weighted by molar-refractivity contribution is 6.30. The van der Waals surface area contributed by atoms with E-state index in [0.717, 1.165) is 31.4 Å². The lowest BCUT2D eigenvalue weighted by Gasteiger charge is -2.48. The summed E-state index contributed by atoms with van der Waals surface area (Å²) in [7, 11) is 0. The molecule has 1 aliphatic rings. The maximum absolute atomic E-state index is 14.7. The van der Waals surface area contributed by atoms with E-state index in [1.165, 1.54) is 19.1 Å². The number of imidazole rings is 1. The van der Waals surface area contributed by atoms with E-state index in [4.69, 9.17) is 16.6 Å². The van der Waals surface area contributed by atoms with Gasteiger partial charge in [-0.15, -0.1) is 0 Å². The van der Waals surface area contributed by atoms with Crippen molar-refractivity contribution in [2.75, 3.05) is 4.90 Å². The number of aromatic nitrogens is 2. The molecule has 1 amide bonds. The van der Waals surface area contributed by atoms with Crippen LogP contribution in [0.3, 0.4) is 0 Å². The third kappa shape index (κ3) is 4.32. The van der Waals surface area contributed by atoms with Gasteiger partial charge in [-0.25, -0.2) is 18.6 Å². The minimum absolute atomic E-state index is 0.111. The molecule has 0 unspecified atom stereocenters. The van der Waals surface area contributed by atoms with E-state index in [-0.39, 0.29) is 17.0 Å². The van der Waals surface area contributed by atoms with E-state index in [9.17, 15) is 23.5 Å². The van der Waals surface area contributed by atoms with Gasteiger partial charge >= 0.3 is 5.97 Å². The van der Waals surface area contributed by atoms with Crippen LogP contribution in [0.2, 0.25) is 5.02 Å². The second-order valence-electron chi connectivity index (χ2n) is 9.74. The number of hydrogen-bond donors (Lipinski definition) is 1. The molecule has 3 aromatic carbocycles. The standard InChI is InChI=1S/C29H26ClF2N3O3/c1-17-14-20(28(37)38)8-11-25(17)34(18(2)36)29(12-4-3-5-13-29)35-26-16-23(32)22(31)15-24(26)33-27(35)19-6-9-21(30)10-7-19/h6-11,14-16H,3-5,12-13H2,1-2H3,(H,37,38). The van der Waals surface area contributed by atoms with Crippen LogP contribution in [0.15, 0.2) is 54.6 Å². The number of carboxylic acids is 1. The van der Waals surface area contributed by atoms with Gasteiger partial charge < -0.3 is 5.11 Å². The normalized spacial score (nSPS) is 15.0. The monoisotopic (exact) mass is 537 g/mol. The van der Waals surface area contributed by atoms with Crippen molar-refractivity contribution in [3.05, 3.63) is 82.4 Å². The topological polar surface area (TPSA) is 75.4 Å². The van der Waals surface area contributed by atoms with Gasteiger partial charge in [0.2, 0.25) is 5.91 Å². The molecule has 0 spiro atoms. The number of benzene rings is 3. The Morgan fingerprint density at radius 1 is 1.00 bits per heavy atom. The minimum atomic E-state index is -1.07. The average molecular weight is 538 g/mol. The van der Waals surface area contributed by atoms with Crippen LogP contribution in [0.4, 0.5) is 14.5 Å². The van der Waals surface area contributed by atoms with Crippen LogP contribution in [0.5, 0.6) is 0 Å². The van der Waals surface area contributed by atoms with Crippen LogP contribution in [0.1, 0.15) is 54.9 Å². The van der Waals surface area contributed by atoms with E-state index in [1.807, 2.05) is 4.57 Å². The molecule has 0 atom stereocenters. The van der Waals surface area contributed by atoms with Crippen molar-refractivity contribution in [3.8, 4) is 11.4 Å². The van der Waals surface area contributed by atoms with Gasteiger partial charge in [0.25, 0.3) is 0 Å². The highest BCUT2D eigenvalue weighted by Gasteiger charge is 2.45. The predicted octanol–water partition coefficient (Wildman–Crippen LogP) is 7.31. The summed E-state index contributed by atoms with van der Waals surface area (Å²) in [5.74, 6) is -2.89. The SMILES string of the molecule is CC(=O)N(c1ccc(C(=O)O)cc1C)C1(n2c(-c3ccc(Cl)cc3)nc3cc(F)c(F)cc32)CCCCC1. The fraction of sp³-hybridized carbons (Fsp3) is 0.276. The fourth-order valence-electron chi connectivity index (χ4n) is 5.68. The number of carbonyl (C=O) groups is 2. The largest absolute Gasteiger partial charge is 0.478 e. The molecule has 5 rings (SSSR count). The predicted molar refractivity (Wildman–Crippen MR) is 142 cm³/mol. The van der Waals surface area contributed by atoms with Gasteiger partial charge in [-0.3, -0.25) is 14.3 Å². The number of aryl methyl sites for hydroxylation is 1. The molecular formula is C29H26ClF2N3O3. The number of carbonyl (C=O) groups excluding carboxylic acids is 1. The molecule has 9 heteroatoms. The maximum Gasteiger partial charge on any atom is 0.335 e. The molecule has 1 saturated carbocycles. The van der Waals surface area contributed by atoms with Crippen LogP contribution in [0, 0.1) is 18.6 Å². The zero-order chi connectivity index (χ0) is 27.2. The van der Waals surface area contributed by atoms with E-state index in [2.05, 4.69) is 0 Å². The van der Waals surface area contributed by atoms with E-state index in [0.29, 0.717) is 46.0 Å². The van der Waals surface area contributed by atoms with Gasteiger partial charge in [0.15, 0.2) is 11.6 Å². The molecule has 0 radical (unpaired) electrons. The first-order valence-electron chi connectivity index (χ1n) is 12.4. The smallest absolute Gasteiger partial charge is 0.335 e. The van der Waals surface area contributed by atoms with Crippen molar-refractivity contribution >= 4 is 40.2 Å². The molecule has 0 saturated heterocycles. The molecule has 1 heterocycles. The zero-order valence-corrected chi connectivity index (χ0v) is 21.7.